The Morgan fingerprint density at radius 1 is 0.707 bits per heavy atom. The molecule has 0 saturated carbocycles. The SMILES string of the molecule is CCCCCCc1ccc(-c2ccc(C(=O)Oc3ccc(C(=O)Oc4ccc(C#N)c(C#N)c4)c(Cl)c3)cc2)cc1. The summed E-state index contributed by atoms with van der Waals surface area (Å²) in [6.45, 7) is 2.21. The van der Waals surface area contributed by atoms with E-state index in [0.717, 1.165) is 17.5 Å². The summed E-state index contributed by atoms with van der Waals surface area (Å²) in [7, 11) is 0. The second kappa shape index (κ2) is 13.9. The van der Waals surface area contributed by atoms with Gasteiger partial charge >= 0.3 is 11.9 Å². The molecule has 0 spiro atoms. The molecule has 0 heterocycles. The number of unbranched alkanes of at least 4 members (excludes halogenated alkanes) is 3. The zero-order chi connectivity index (χ0) is 29.2. The van der Waals surface area contributed by atoms with Crippen LogP contribution in [0.4, 0.5) is 0 Å². The van der Waals surface area contributed by atoms with Crippen LogP contribution in [-0.2, 0) is 6.42 Å². The fourth-order valence-electron chi connectivity index (χ4n) is 4.25. The van der Waals surface area contributed by atoms with E-state index in [2.05, 4.69) is 31.2 Å². The van der Waals surface area contributed by atoms with Crippen LogP contribution in [0.3, 0.4) is 0 Å². The predicted octanol–water partition coefficient (Wildman–Crippen LogP) is 8.31. The number of carbonyl (C=O) groups excluding carboxylic acids is 2. The van der Waals surface area contributed by atoms with Crippen molar-refractivity contribution in [1.82, 2.24) is 0 Å². The Kier molecular flexibility index (Phi) is 9.89. The zero-order valence-electron chi connectivity index (χ0n) is 22.5. The molecular weight excluding hydrogens is 536 g/mol. The molecule has 0 saturated heterocycles. The average molecular weight is 563 g/mol. The van der Waals surface area contributed by atoms with Crippen LogP contribution in [0.1, 0.15) is 70.0 Å². The highest BCUT2D eigenvalue weighted by atomic mass is 35.5. The summed E-state index contributed by atoms with van der Waals surface area (Å²) in [4.78, 5) is 25.4. The summed E-state index contributed by atoms with van der Waals surface area (Å²) < 4.78 is 10.8. The fourth-order valence-corrected chi connectivity index (χ4v) is 4.50. The van der Waals surface area contributed by atoms with Gasteiger partial charge in [0.15, 0.2) is 0 Å². The fraction of sp³-hybridized carbons (Fsp3) is 0.176. The highest BCUT2D eigenvalue weighted by Crippen LogP contribution is 2.26. The van der Waals surface area contributed by atoms with Crippen molar-refractivity contribution in [1.29, 1.82) is 10.5 Å². The van der Waals surface area contributed by atoms with E-state index in [0.29, 0.717) is 5.56 Å². The van der Waals surface area contributed by atoms with Gasteiger partial charge in [-0.25, -0.2) is 9.59 Å². The van der Waals surface area contributed by atoms with Gasteiger partial charge in [-0.1, -0.05) is 74.2 Å². The maximum Gasteiger partial charge on any atom is 0.345 e. The average Bonchev–Trinajstić information content (AvgIpc) is 2.99. The number of esters is 2. The molecule has 0 aromatic heterocycles. The minimum absolute atomic E-state index is 0.0265. The van der Waals surface area contributed by atoms with Crippen LogP contribution in [-0.4, -0.2) is 11.9 Å². The molecule has 0 atom stereocenters. The molecule has 4 rings (SSSR count). The van der Waals surface area contributed by atoms with Gasteiger partial charge in [0.05, 0.1) is 27.3 Å². The molecule has 204 valence electrons. The van der Waals surface area contributed by atoms with Crippen LogP contribution in [0.25, 0.3) is 11.1 Å². The number of halogens is 1. The Morgan fingerprint density at radius 2 is 1.32 bits per heavy atom. The number of aryl methyl sites for hydroxylation is 1. The first-order chi connectivity index (χ1) is 19.9. The van der Waals surface area contributed by atoms with Crippen molar-refractivity contribution in [2.24, 2.45) is 0 Å². The first-order valence-corrected chi connectivity index (χ1v) is 13.7. The summed E-state index contributed by atoms with van der Waals surface area (Å²) in [5.74, 6) is -1.06. The quantitative estimate of drug-likeness (QED) is 0.109. The Hall–Kier alpha value is -4.91. The molecule has 0 aliphatic heterocycles. The van der Waals surface area contributed by atoms with Gasteiger partial charge in [0, 0.05) is 12.1 Å². The Balaban J connectivity index is 1.36. The van der Waals surface area contributed by atoms with E-state index in [9.17, 15) is 9.59 Å². The molecule has 0 unspecified atom stereocenters. The lowest BCUT2D eigenvalue weighted by molar-refractivity contribution is 0.0730. The third-order valence-electron chi connectivity index (χ3n) is 6.54. The van der Waals surface area contributed by atoms with E-state index in [1.54, 1.807) is 12.1 Å². The van der Waals surface area contributed by atoms with Crippen molar-refractivity contribution in [3.8, 4) is 34.8 Å². The number of benzene rings is 4. The van der Waals surface area contributed by atoms with Gasteiger partial charge in [0.2, 0.25) is 0 Å². The molecule has 0 bridgehead atoms. The lowest BCUT2D eigenvalue weighted by atomic mass is 10.0. The van der Waals surface area contributed by atoms with Crippen LogP contribution in [0.5, 0.6) is 11.5 Å². The maximum absolute atomic E-state index is 12.7. The van der Waals surface area contributed by atoms with E-state index >= 15 is 0 Å². The van der Waals surface area contributed by atoms with Gasteiger partial charge in [-0.05, 0) is 65.9 Å². The first-order valence-electron chi connectivity index (χ1n) is 13.3. The van der Waals surface area contributed by atoms with E-state index in [-0.39, 0.29) is 33.2 Å². The Morgan fingerprint density at radius 3 is 1.95 bits per heavy atom. The van der Waals surface area contributed by atoms with E-state index in [1.807, 2.05) is 24.3 Å². The second-order valence-corrected chi connectivity index (χ2v) is 9.84. The van der Waals surface area contributed by atoms with Crippen molar-refractivity contribution >= 4 is 23.5 Å². The normalized spacial score (nSPS) is 10.3. The van der Waals surface area contributed by atoms with Crippen molar-refractivity contribution < 1.29 is 19.1 Å². The lowest BCUT2D eigenvalue weighted by Crippen LogP contribution is -2.11. The molecule has 0 amide bonds. The molecule has 41 heavy (non-hydrogen) atoms. The third kappa shape index (κ3) is 7.60. The molecule has 0 radical (unpaired) electrons. The van der Waals surface area contributed by atoms with Crippen molar-refractivity contribution in [2.75, 3.05) is 0 Å². The van der Waals surface area contributed by atoms with Crippen LogP contribution < -0.4 is 9.47 Å². The molecular formula is C34H27ClN2O4. The molecule has 4 aromatic rings. The van der Waals surface area contributed by atoms with Gasteiger partial charge in [-0.3, -0.25) is 0 Å². The second-order valence-electron chi connectivity index (χ2n) is 9.44. The molecule has 4 aromatic carbocycles. The lowest BCUT2D eigenvalue weighted by Gasteiger charge is -2.09. The summed E-state index contributed by atoms with van der Waals surface area (Å²) in [5.41, 5.74) is 4.07. The van der Waals surface area contributed by atoms with Gasteiger partial charge in [0.1, 0.15) is 23.6 Å². The van der Waals surface area contributed by atoms with E-state index in [4.69, 9.17) is 31.6 Å². The van der Waals surface area contributed by atoms with Gasteiger partial charge in [-0.15, -0.1) is 0 Å². The van der Waals surface area contributed by atoms with Crippen molar-refractivity contribution in [3.63, 3.8) is 0 Å². The standard InChI is InChI=1S/C34H27ClN2O4/c1-2-3-4-5-6-23-7-9-24(10-8-23)25-11-13-26(14-12-25)33(38)40-30-17-18-31(32(35)20-30)34(39)41-29-16-15-27(21-36)28(19-29)22-37/h7-20H,2-6H2,1H3. The Bertz CT molecular complexity index is 1630. The monoisotopic (exact) mass is 562 g/mol. The van der Waals surface area contributed by atoms with Gasteiger partial charge in [0.25, 0.3) is 0 Å². The molecule has 0 aliphatic carbocycles. The Labute approximate surface area is 244 Å². The minimum atomic E-state index is -0.762. The molecule has 0 fully saturated rings. The highest BCUT2D eigenvalue weighted by Gasteiger charge is 2.17. The molecule has 0 N–H and O–H groups in total. The van der Waals surface area contributed by atoms with Crippen LogP contribution in [0, 0.1) is 22.7 Å². The number of nitriles is 2. The number of nitrogens with zero attached hydrogens (tertiary/aromatic N) is 2. The van der Waals surface area contributed by atoms with Crippen molar-refractivity contribution in [3.05, 3.63) is 118 Å². The largest absolute Gasteiger partial charge is 0.423 e. The summed E-state index contributed by atoms with van der Waals surface area (Å²) >= 11 is 6.28. The zero-order valence-corrected chi connectivity index (χ0v) is 23.3. The van der Waals surface area contributed by atoms with Crippen LogP contribution in [0.15, 0.2) is 84.9 Å². The number of rotatable bonds is 10. The minimum Gasteiger partial charge on any atom is -0.423 e. The number of hydrogen-bond donors (Lipinski definition) is 0. The summed E-state index contributed by atoms with van der Waals surface area (Å²) in [6.07, 6.45) is 6.03. The predicted molar refractivity (Wildman–Crippen MR) is 157 cm³/mol. The number of hydrogen-bond acceptors (Lipinski definition) is 6. The van der Waals surface area contributed by atoms with Gasteiger partial charge < -0.3 is 9.47 Å². The maximum atomic E-state index is 12.7. The van der Waals surface area contributed by atoms with E-state index < -0.39 is 11.9 Å². The van der Waals surface area contributed by atoms with Crippen LogP contribution >= 0.6 is 11.6 Å². The van der Waals surface area contributed by atoms with Crippen molar-refractivity contribution in [2.45, 2.75) is 39.0 Å². The third-order valence-corrected chi connectivity index (χ3v) is 6.85. The number of ether oxygens (including phenoxy) is 2. The van der Waals surface area contributed by atoms with Crippen LogP contribution in [0.2, 0.25) is 5.02 Å². The van der Waals surface area contributed by atoms with Gasteiger partial charge in [-0.2, -0.15) is 10.5 Å². The topological polar surface area (TPSA) is 100 Å². The molecule has 7 heteroatoms. The smallest absolute Gasteiger partial charge is 0.345 e. The highest BCUT2D eigenvalue weighted by molar-refractivity contribution is 6.33. The molecule has 6 nitrogen and oxygen atoms in total. The van der Waals surface area contributed by atoms with E-state index in [1.165, 1.54) is 67.6 Å². The first kappa shape index (κ1) is 29.1. The summed E-state index contributed by atoms with van der Waals surface area (Å²) in [5, 5.41) is 18.2. The molecule has 0 aliphatic rings. The number of carbonyl (C=O) groups is 2. The summed E-state index contributed by atoms with van der Waals surface area (Å²) in [6, 6.07) is 27.7.